The molecule has 0 unspecified atom stereocenters. The van der Waals surface area contributed by atoms with E-state index in [0.717, 1.165) is 11.5 Å². The Morgan fingerprint density at radius 2 is 1.07 bits per heavy atom. The van der Waals surface area contributed by atoms with Gasteiger partial charge in [0.25, 0.3) is 0 Å². The molecular formula is C43H30O. The maximum atomic E-state index is 6.54. The highest BCUT2D eigenvalue weighted by molar-refractivity contribution is 6.10. The van der Waals surface area contributed by atoms with Crippen LogP contribution in [0, 0.1) is 13.8 Å². The molecule has 0 radical (unpaired) electrons. The van der Waals surface area contributed by atoms with E-state index in [-0.39, 0.29) is 0 Å². The van der Waals surface area contributed by atoms with E-state index < -0.39 is 5.41 Å². The highest BCUT2D eigenvalue weighted by Gasteiger charge is 2.46. The summed E-state index contributed by atoms with van der Waals surface area (Å²) in [6.07, 6.45) is 0. The summed E-state index contributed by atoms with van der Waals surface area (Å²) in [6, 6.07) is 53.6. The average molecular weight is 563 g/mol. The molecule has 44 heavy (non-hydrogen) atoms. The number of rotatable bonds is 3. The zero-order valence-corrected chi connectivity index (χ0v) is 24.8. The van der Waals surface area contributed by atoms with E-state index in [0.29, 0.717) is 0 Å². The summed E-state index contributed by atoms with van der Waals surface area (Å²) in [4.78, 5) is 0. The summed E-state index contributed by atoms with van der Waals surface area (Å²) in [5, 5.41) is 2.39. The molecule has 0 atom stereocenters. The predicted octanol–water partition coefficient (Wildman–Crippen LogP) is 11.3. The lowest BCUT2D eigenvalue weighted by atomic mass is 9.67. The van der Waals surface area contributed by atoms with Gasteiger partial charge in [-0.05, 0) is 105 Å². The molecule has 0 spiro atoms. The maximum absolute atomic E-state index is 6.54. The maximum Gasteiger partial charge on any atom is 0.135 e. The van der Waals surface area contributed by atoms with Crippen LogP contribution >= 0.6 is 0 Å². The molecule has 0 saturated carbocycles. The van der Waals surface area contributed by atoms with E-state index in [1.54, 1.807) is 0 Å². The van der Waals surface area contributed by atoms with Crippen LogP contribution in [-0.4, -0.2) is 0 Å². The van der Waals surface area contributed by atoms with E-state index >= 15 is 0 Å². The lowest BCUT2D eigenvalue weighted by Gasteiger charge is -2.34. The van der Waals surface area contributed by atoms with Crippen molar-refractivity contribution in [3.05, 3.63) is 179 Å². The zero-order chi connectivity index (χ0) is 29.4. The Hall–Kier alpha value is -5.40. The first-order chi connectivity index (χ1) is 21.6. The second kappa shape index (κ2) is 9.30. The van der Waals surface area contributed by atoms with Crippen molar-refractivity contribution >= 4 is 10.8 Å². The van der Waals surface area contributed by atoms with Gasteiger partial charge in [0.1, 0.15) is 11.5 Å². The first-order valence-corrected chi connectivity index (χ1v) is 15.4. The normalized spacial score (nSPS) is 13.6. The van der Waals surface area contributed by atoms with Crippen molar-refractivity contribution in [1.82, 2.24) is 0 Å². The van der Waals surface area contributed by atoms with Gasteiger partial charge >= 0.3 is 0 Å². The fourth-order valence-corrected chi connectivity index (χ4v) is 7.75. The third kappa shape index (κ3) is 3.35. The number of fused-ring (bicyclic) bond motifs is 5. The third-order valence-corrected chi connectivity index (χ3v) is 9.88. The number of hydrogen-bond donors (Lipinski definition) is 0. The van der Waals surface area contributed by atoms with Crippen molar-refractivity contribution in [2.45, 2.75) is 19.3 Å². The topological polar surface area (TPSA) is 9.23 Å². The zero-order valence-electron chi connectivity index (χ0n) is 24.8. The second-order valence-electron chi connectivity index (χ2n) is 12.2. The summed E-state index contributed by atoms with van der Waals surface area (Å²) in [7, 11) is 0. The van der Waals surface area contributed by atoms with Crippen LogP contribution in [0.5, 0.6) is 11.5 Å². The molecule has 2 aliphatic rings. The van der Waals surface area contributed by atoms with Gasteiger partial charge in [0.05, 0.1) is 5.41 Å². The van der Waals surface area contributed by atoms with E-state index in [4.69, 9.17) is 4.74 Å². The molecule has 1 nitrogen and oxygen atoms in total. The molecular weight excluding hydrogens is 532 g/mol. The number of benzene rings is 7. The quantitative estimate of drug-likeness (QED) is 0.208. The highest BCUT2D eigenvalue weighted by atomic mass is 16.5. The summed E-state index contributed by atoms with van der Waals surface area (Å²) >= 11 is 0. The highest BCUT2D eigenvalue weighted by Crippen LogP contribution is 2.57. The lowest BCUT2D eigenvalue weighted by Crippen LogP contribution is -2.28. The molecule has 1 aliphatic heterocycles. The molecule has 0 bridgehead atoms. The van der Waals surface area contributed by atoms with Crippen molar-refractivity contribution in [2.24, 2.45) is 0 Å². The fourth-order valence-electron chi connectivity index (χ4n) is 7.75. The minimum Gasteiger partial charge on any atom is -0.456 e. The second-order valence-corrected chi connectivity index (χ2v) is 12.2. The minimum absolute atomic E-state index is 0.422. The van der Waals surface area contributed by atoms with E-state index in [2.05, 4.69) is 159 Å². The standard InChI is InChI=1S/C43H30O/c1-27-24-37-36-18-11-17-35-32(22-23-40(42(35)36)44-41(37)25-28(27)2)29-20-21-34-33-16-9-10-19-38(33)43(39(34)26-29,30-12-5-3-6-13-30)31-14-7-4-8-15-31/h3-26H,1-2H3. The number of hydrogen-bond acceptors (Lipinski definition) is 1. The van der Waals surface area contributed by atoms with Crippen molar-refractivity contribution in [1.29, 1.82) is 0 Å². The van der Waals surface area contributed by atoms with Crippen LogP contribution in [0.15, 0.2) is 146 Å². The van der Waals surface area contributed by atoms with Gasteiger partial charge in [-0.15, -0.1) is 0 Å². The van der Waals surface area contributed by atoms with Crippen LogP contribution in [0.2, 0.25) is 0 Å². The first-order valence-electron chi connectivity index (χ1n) is 15.4. The molecule has 1 heteroatoms. The summed E-state index contributed by atoms with van der Waals surface area (Å²) in [6.45, 7) is 4.32. The van der Waals surface area contributed by atoms with Gasteiger partial charge in [-0.1, -0.05) is 121 Å². The van der Waals surface area contributed by atoms with Crippen LogP contribution < -0.4 is 4.74 Å². The molecule has 0 aromatic heterocycles. The van der Waals surface area contributed by atoms with Gasteiger partial charge in [0, 0.05) is 10.9 Å². The molecule has 9 rings (SSSR count). The van der Waals surface area contributed by atoms with Gasteiger partial charge in [-0.25, -0.2) is 0 Å². The van der Waals surface area contributed by atoms with Gasteiger partial charge in [-0.2, -0.15) is 0 Å². The van der Waals surface area contributed by atoms with Gasteiger partial charge in [0.2, 0.25) is 0 Å². The average Bonchev–Trinajstić information content (AvgIpc) is 3.37. The molecule has 7 aromatic carbocycles. The molecule has 0 fully saturated rings. The molecule has 208 valence electrons. The Morgan fingerprint density at radius 3 is 1.84 bits per heavy atom. The van der Waals surface area contributed by atoms with Gasteiger partial charge in [-0.3, -0.25) is 0 Å². The van der Waals surface area contributed by atoms with Crippen LogP contribution in [-0.2, 0) is 5.41 Å². The Kier molecular flexibility index (Phi) is 5.31. The SMILES string of the molecule is Cc1cc2c(cc1C)-c1cccc3c(-c4ccc5c(c4)C(c4ccccc4)(c4ccccc4)c4ccccc4-5)ccc(c13)O2. The Labute approximate surface area is 258 Å². The Bertz CT molecular complexity index is 2220. The van der Waals surface area contributed by atoms with Gasteiger partial charge in [0.15, 0.2) is 0 Å². The molecule has 0 amide bonds. The van der Waals surface area contributed by atoms with E-state index in [1.165, 1.54) is 77.5 Å². The number of ether oxygens (including phenoxy) is 1. The smallest absolute Gasteiger partial charge is 0.135 e. The largest absolute Gasteiger partial charge is 0.456 e. The minimum atomic E-state index is -0.422. The molecule has 1 aliphatic carbocycles. The number of aryl methyl sites for hydroxylation is 2. The third-order valence-electron chi connectivity index (χ3n) is 9.88. The fraction of sp³-hybridized carbons (Fsp3) is 0.0698. The molecule has 0 saturated heterocycles. The predicted molar refractivity (Wildman–Crippen MR) is 182 cm³/mol. The lowest BCUT2D eigenvalue weighted by molar-refractivity contribution is 0.486. The van der Waals surface area contributed by atoms with Crippen LogP contribution in [0.25, 0.3) is 44.2 Å². The molecule has 1 heterocycles. The summed E-state index contributed by atoms with van der Waals surface area (Å²) < 4.78 is 6.54. The van der Waals surface area contributed by atoms with Crippen molar-refractivity contribution < 1.29 is 4.74 Å². The van der Waals surface area contributed by atoms with Gasteiger partial charge < -0.3 is 4.74 Å². The Morgan fingerprint density at radius 1 is 0.432 bits per heavy atom. The van der Waals surface area contributed by atoms with Crippen molar-refractivity contribution in [3.63, 3.8) is 0 Å². The summed E-state index contributed by atoms with van der Waals surface area (Å²) in [5.74, 6) is 1.86. The van der Waals surface area contributed by atoms with Crippen LogP contribution in [0.4, 0.5) is 0 Å². The summed E-state index contributed by atoms with van der Waals surface area (Å²) in [5.41, 5.74) is 14.7. The van der Waals surface area contributed by atoms with Crippen molar-refractivity contribution in [3.8, 4) is 44.9 Å². The first kappa shape index (κ1) is 25.1. The van der Waals surface area contributed by atoms with E-state index in [1.807, 2.05) is 0 Å². The van der Waals surface area contributed by atoms with Crippen LogP contribution in [0.3, 0.4) is 0 Å². The molecule has 0 N–H and O–H groups in total. The molecule has 7 aromatic rings. The van der Waals surface area contributed by atoms with E-state index in [9.17, 15) is 0 Å². The van der Waals surface area contributed by atoms with Crippen LogP contribution in [0.1, 0.15) is 33.4 Å². The Balaban J connectivity index is 1.32. The van der Waals surface area contributed by atoms with Crippen molar-refractivity contribution in [2.75, 3.05) is 0 Å². The monoisotopic (exact) mass is 562 g/mol.